The Kier molecular flexibility index (Phi) is 7.22. The summed E-state index contributed by atoms with van der Waals surface area (Å²) in [5.41, 5.74) is 6.32. The minimum Gasteiger partial charge on any atom is -0.368 e. The molecule has 0 aromatic heterocycles. The Morgan fingerprint density at radius 2 is 2.16 bits per heavy atom. The van der Waals surface area contributed by atoms with E-state index in [2.05, 4.69) is 11.4 Å². The van der Waals surface area contributed by atoms with Crippen LogP contribution in [-0.2, 0) is 15.3 Å². The fraction of sp³-hybridized carbons (Fsp3) is 0.471. The Labute approximate surface area is 150 Å². The number of amides is 2. The van der Waals surface area contributed by atoms with Crippen LogP contribution in [0.25, 0.3) is 0 Å². The monoisotopic (exact) mass is 364 g/mol. The third-order valence-electron chi connectivity index (χ3n) is 4.07. The van der Waals surface area contributed by atoms with E-state index in [1.807, 2.05) is 0 Å². The molecular weight excluding hydrogens is 343 g/mol. The second kappa shape index (κ2) is 9.39. The maximum atomic E-state index is 12.9. The molecule has 1 fully saturated rings. The summed E-state index contributed by atoms with van der Waals surface area (Å²) in [6.45, 7) is 0.894. The van der Waals surface area contributed by atoms with Crippen LogP contribution in [0.15, 0.2) is 24.3 Å². The maximum absolute atomic E-state index is 12.9. The van der Waals surface area contributed by atoms with Gasteiger partial charge in [-0.25, -0.2) is 4.39 Å². The number of nitrogens with one attached hydrogen (secondary N) is 1. The fourth-order valence-electron chi connectivity index (χ4n) is 2.74. The van der Waals surface area contributed by atoms with E-state index < -0.39 is 11.9 Å². The van der Waals surface area contributed by atoms with Crippen LogP contribution < -0.4 is 11.1 Å². The van der Waals surface area contributed by atoms with E-state index in [0.717, 1.165) is 12.0 Å². The molecule has 2 amide bonds. The van der Waals surface area contributed by atoms with Gasteiger partial charge in [0.1, 0.15) is 11.9 Å². The average molecular weight is 364 g/mol. The van der Waals surface area contributed by atoms with Crippen LogP contribution in [0.1, 0.15) is 18.4 Å². The topological polar surface area (TPSA) is 99.2 Å². The highest BCUT2D eigenvalue weighted by Crippen LogP contribution is 2.18. The van der Waals surface area contributed by atoms with Crippen LogP contribution >= 0.6 is 11.8 Å². The summed E-state index contributed by atoms with van der Waals surface area (Å²) in [7, 11) is 0. The predicted octanol–water partition coefficient (Wildman–Crippen LogP) is 1.02. The van der Waals surface area contributed by atoms with Crippen LogP contribution in [0.3, 0.4) is 0 Å². The van der Waals surface area contributed by atoms with E-state index in [1.54, 1.807) is 17.0 Å². The third-order valence-corrected chi connectivity index (χ3v) is 5.17. The zero-order valence-corrected chi connectivity index (χ0v) is 14.6. The van der Waals surface area contributed by atoms with Gasteiger partial charge in [0.2, 0.25) is 11.8 Å². The van der Waals surface area contributed by atoms with Crippen molar-refractivity contribution < 1.29 is 14.0 Å². The van der Waals surface area contributed by atoms with Gasteiger partial charge in [0, 0.05) is 18.1 Å². The molecule has 2 rings (SSSR count). The molecule has 1 saturated heterocycles. The van der Waals surface area contributed by atoms with Gasteiger partial charge < -0.3 is 11.1 Å². The van der Waals surface area contributed by atoms with Crippen LogP contribution in [0, 0.1) is 17.1 Å². The van der Waals surface area contributed by atoms with E-state index >= 15 is 0 Å². The molecule has 0 aliphatic carbocycles. The van der Waals surface area contributed by atoms with Gasteiger partial charge >= 0.3 is 0 Å². The minimum absolute atomic E-state index is 0.193. The van der Waals surface area contributed by atoms with Gasteiger partial charge in [0.05, 0.1) is 18.7 Å². The number of carbonyl (C=O) groups is 2. The van der Waals surface area contributed by atoms with Crippen LogP contribution in [0.4, 0.5) is 4.39 Å². The molecule has 1 aromatic carbocycles. The number of likely N-dealkylation sites (tertiary alicyclic amines) is 1. The zero-order chi connectivity index (χ0) is 18.2. The first kappa shape index (κ1) is 19.2. The molecular formula is C17H21FN4O2S. The Morgan fingerprint density at radius 1 is 1.44 bits per heavy atom. The number of hydrogen-bond donors (Lipinski definition) is 2. The number of carbonyl (C=O) groups excluding carboxylic acids is 2. The number of hydrogen-bond acceptors (Lipinski definition) is 5. The lowest BCUT2D eigenvalue weighted by Crippen LogP contribution is -2.52. The highest BCUT2D eigenvalue weighted by Gasteiger charge is 2.32. The van der Waals surface area contributed by atoms with Crippen LogP contribution in [0.2, 0.25) is 0 Å². The summed E-state index contributed by atoms with van der Waals surface area (Å²) < 4.78 is 12.9. The van der Waals surface area contributed by atoms with Gasteiger partial charge in [-0.3, -0.25) is 14.5 Å². The van der Waals surface area contributed by atoms with Gasteiger partial charge in [0.15, 0.2) is 0 Å². The van der Waals surface area contributed by atoms with Crippen molar-refractivity contribution in [2.75, 3.05) is 18.8 Å². The molecule has 8 heteroatoms. The van der Waals surface area contributed by atoms with Gasteiger partial charge in [-0.05, 0) is 30.5 Å². The summed E-state index contributed by atoms with van der Waals surface area (Å²) in [6.07, 6.45) is 1.52. The lowest BCUT2D eigenvalue weighted by atomic mass is 10.2. The molecule has 2 unspecified atom stereocenters. The second-order valence-electron chi connectivity index (χ2n) is 5.89. The van der Waals surface area contributed by atoms with Gasteiger partial charge in [0.25, 0.3) is 0 Å². The number of primary amides is 1. The normalized spacial score (nSPS) is 18.5. The highest BCUT2D eigenvalue weighted by molar-refractivity contribution is 7.98. The molecule has 2 atom stereocenters. The predicted molar refractivity (Wildman–Crippen MR) is 93.9 cm³/mol. The van der Waals surface area contributed by atoms with E-state index in [0.29, 0.717) is 24.5 Å². The smallest absolute Gasteiger partial charge is 0.240 e. The first-order chi connectivity index (χ1) is 12.0. The Hall–Kier alpha value is -2.11. The lowest BCUT2D eigenvalue weighted by molar-refractivity contribution is -0.129. The van der Waals surface area contributed by atoms with Crippen molar-refractivity contribution in [2.24, 2.45) is 5.73 Å². The molecule has 0 spiro atoms. The van der Waals surface area contributed by atoms with Crippen molar-refractivity contribution in [1.29, 1.82) is 5.26 Å². The Morgan fingerprint density at radius 3 is 2.80 bits per heavy atom. The number of thioether (sulfide) groups is 1. The van der Waals surface area contributed by atoms with Gasteiger partial charge in [-0.2, -0.15) is 17.0 Å². The molecule has 1 aliphatic rings. The average Bonchev–Trinajstić information content (AvgIpc) is 3.04. The SMILES string of the molecule is N#CCN1CCCC1C(=O)NC(CSCc1ccc(F)cc1)C(N)=O. The summed E-state index contributed by atoms with van der Waals surface area (Å²) in [4.78, 5) is 25.8. The van der Waals surface area contributed by atoms with E-state index in [4.69, 9.17) is 11.0 Å². The molecule has 3 N–H and O–H groups in total. The summed E-state index contributed by atoms with van der Waals surface area (Å²) >= 11 is 1.44. The Balaban J connectivity index is 1.85. The number of nitrogens with two attached hydrogens (primary N) is 1. The maximum Gasteiger partial charge on any atom is 0.240 e. The zero-order valence-electron chi connectivity index (χ0n) is 13.8. The first-order valence-corrected chi connectivity index (χ1v) is 9.19. The van der Waals surface area contributed by atoms with Crippen molar-refractivity contribution in [3.05, 3.63) is 35.6 Å². The number of benzene rings is 1. The number of nitriles is 1. The van der Waals surface area contributed by atoms with Crippen molar-refractivity contribution in [3.63, 3.8) is 0 Å². The first-order valence-electron chi connectivity index (χ1n) is 8.04. The summed E-state index contributed by atoms with van der Waals surface area (Å²) in [5, 5.41) is 11.5. The molecule has 6 nitrogen and oxygen atoms in total. The Bertz CT molecular complexity index is 647. The van der Waals surface area contributed by atoms with Crippen LogP contribution in [-0.4, -0.2) is 47.6 Å². The molecule has 1 aliphatic heterocycles. The van der Waals surface area contributed by atoms with Crippen molar-refractivity contribution in [3.8, 4) is 6.07 Å². The lowest BCUT2D eigenvalue weighted by Gasteiger charge is -2.23. The number of halogens is 1. The minimum atomic E-state index is -0.775. The molecule has 1 heterocycles. The van der Waals surface area contributed by atoms with Crippen molar-refractivity contribution in [2.45, 2.75) is 30.7 Å². The van der Waals surface area contributed by atoms with Crippen molar-refractivity contribution >= 4 is 23.6 Å². The molecule has 0 saturated carbocycles. The fourth-order valence-corrected chi connectivity index (χ4v) is 3.77. The van der Waals surface area contributed by atoms with E-state index in [9.17, 15) is 14.0 Å². The molecule has 0 bridgehead atoms. The number of rotatable bonds is 8. The van der Waals surface area contributed by atoms with Crippen LogP contribution in [0.5, 0.6) is 0 Å². The molecule has 25 heavy (non-hydrogen) atoms. The van der Waals surface area contributed by atoms with Gasteiger partial charge in [-0.1, -0.05) is 12.1 Å². The van der Waals surface area contributed by atoms with E-state index in [1.165, 1.54) is 23.9 Å². The highest BCUT2D eigenvalue weighted by atomic mass is 32.2. The van der Waals surface area contributed by atoms with Crippen molar-refractivity contribution in [1.82, 2.24) is 10.2 Å². The standard InChI is InChI=1S/C17H21FN4O2S/c18-13-5-3-12(4-6-13)10-25-11-14(16(20)23)21-17(24)15-2-1-8-22(15)9-7-19/h3-6,14-15H,1-2,8-11H2,(H2,20,23)(H,21,24). The molecule has 134 valence electrons. The largest absolute Gasteiger partial charge is 0.368 e. The van der Waals surface area contributed by atoms with E-state index in [-0.39, 0.29) is 24.3 Å². The quantitative estimate of drug-likeness (QED) is 0.671. The molecule has 0 radical (unpaired) electrons. The summed E-state index contributed by atoms with van der Waals surface area (Å²) in [6, 6.07) is 7.01. The second-order valence-corrected chi connectivity index (χ2v) is 6.92. The molecule has 1 aromatic rings. The number of nitrogens with zero attached hydrogens (tertiary/aromatic N) is 2. The third kappa shape index (κ3) is 5.73. The summed E-state index contributed by atoms with van der Waals surface area (Å²) in [5.74, 6) is -0.230. The van der Waals surface area contributed by atoms with Gasteiger partial charge in [-0.15, -0.1) is 0 Å².